The Kier molecular flexibility index (Phi) is 9.62. The van der Waals surface area contributed by atoms with Crippen LogP contribution in [0.3, 0.4) is 0 Å². The van der Waals surface area contributed by atoms with E-state index in [9.17, 15) is 9.90 Å². The van der Waals surface area contributed by atoms with E-state index in [0.29, 0.717) is 44.4 Å². The van der Waals surface area contributed by atoms with E-state index < -0.39 is 11.9 Å². The van der Waals surface area contributed by atoms with Gasteiger partial charge in [0.2, 0.25) is 0 Å². The lowest BCUT2D eigenvalue weighted by molar-refractivity contribution is -0.292. The van der Waals surface area contributed by atoms with Crippen LogP contribution in [0, 0.1) is 17.8 Å². The fourth-order valence-electron chi connectivity index (χ4n) is 11.3. The van der Waals surface area contributed by atoms with Gasteiger partial charge in [0, 0.05) is 32.1 Å². The minimum absolute atomic E-state index is 0.0115. The van der Waals surface area contributed by atoms with Gasteiger partial charge in [-0.1, -0.05) is 33.9 Å². The second kappa shape index (κ2) is 13.8. The van der Waals surface area contributed by atoms with Gasteiger partial charge in [0.25, 0.3) is 0 Å². The van der Waals surface area contributed by atoms with Crippen molar-refractivity contribution in [2.75, 3.05) is 0 Å². The molecule has 0 aromatic carbocycles. The van der Waals surface area contributed by atoms with Gasteiger partial charge in [0.15, 0.2) is 5.79 Å². The molecule has 2 unspecified atom stereocenters. The largest absolute Gasteiger partial charge is 0.393 e. The Hall–Kier alpha value is -1.21. The van der Waals surface area contributed by atoms with E-state index >= 15 is 0 Å². The molecule has 0 saturated carbocycles. The van der Waals surface area contributed by atoms with Crippen molar-refractivity contribution in [1.29, 1.82) is 0 Å². The Balaban J connectivity index is 0.986. The third kappa shape index (κ3) is 6.54. The summed E-state index contributed by atoms with van der Waals surface area (Å²) in [6.07, 6.45) is 7.89. The first-order valence-corrected chi connectivity index (χ1v) is 20.4. The van der Waals surface area contributed by atoms with Gasteiger partial charge in [0.05, 0.1) is 61.0 Å². The van der Waals surface area contributed by atoms with Gasteiger partial charge in [-0.2, -0.15) is 0 Å². The number of aliphatic hydroxyl groups excluding tert-OH is 1. The second-order valence-electron chi connectivity index (χ2n) is 17.8. The molecule has 0 aromatic heterocycles. The second-order valence-corrected chi connectivity index (χ2v) is 17.8. The van der Waals surface area contributed by atoms with Crippen molar-refractivity contribution < 1.29 is 47.8 Å². The molecule has 0 amide bonds. The quantitative estimate of drug-likeness (QED) is 0.376. The van der Waals surface area contributed by atoms with Crippen LogP contribution in [0.2, 0.25) is 0 Å². The fourth-order valence-corrected chi connectivity index (χ4v) is 11.3. The summed E-state index contributed by atoms with van der Waals surface area (Å²) >= 11 is 0. The third-order valence-corrected chi connectivity index (χ3v) is 14.4. The molecule has 0 aromatic rings. The predicted octanol–water partition coefficient (Wildman–Crippen LogP) is 5.51. The van der Waals surface area contributed by atoms with Crippen LogP contribution < -0.4 is 0 Å². The molecule has 10 fully saturated rings. The molecule has 51 heavy (non-hydrogen) atoms. The van der Waals surface area contributed by atoms with E-state index in [2.05, 4.69) is 27.0 Å². The van der Waals surface area contributed by atoms with Gasteiger partial charge >= 0.3 is 0 Å². The van der Waals surface area contributed by atoms with Crippen molar-refractivity contribution in [2.24, 2.45) is 17.8 Å². The highest BCUT2D eigenvalue weighted by Crippen LogP contribution is 2.54. The Morgan fingerprint density at radius 2 is 1.49 bits per heavy atom. The summed E-state index contributed by atoms with van der Waals surface area (Å²) in [7, 11) is 0. The number of hydrogen-bond acceptors (Lipinski definition) is 10. The maximum Gasteiger partial charge on any atom is 0.172 e. The fraction of sp³-hybridized carbons (Fsp3) is 0.878. The number of rotatable bonds is 3. The number of carbonyl (C=O) groups excluding carboxylic acids is 1. The molecule has 10 aliphatic rings. The van der Waals surface area contributed by atoms with Crippen LogP contribution in [0.1, 0.15) is 111 Å². The molecule has 284 valence electrons. The van der Waals surface area contributed by atoms with Crippen LogP contribution >= 0.6 is 0 Å². The summed E-state index contributed by atoms with van der Waals surface area (Å²) in [6, 6.07) is 0. The predicted molar refractivity (Wildman–Crippen MR) is 186 cm³/mol. The Bertz CT molecular complexity index is 1350. The van der Waals surface area contributed by atoms with Crippen LogP contribution in [0.15, 0.2) is 24.3 Å². The van der Waals surface area contributed by atoms with E-state index in [-0.39, 0.29) is 103 Å². The smallest absolute Gasteiger partial charge is 0.172 e. The summed E-state index contributed by atoms with van der Waals surface area (Å²) in [5, 5.41) is 10.6. The molecule has 19 atom stereocenters. The zero-order valence-corrected chi connectivity index (χ0v) is 30.8. The summed E-state index contributed by atoms with van der Waals surface area (Å²) in [5.41, 5.74) is 2.28. The highest BCUT2D eigenvalue weighted by Gasteiger charge is 2.68. The van der Waals surface area contributed by atoms with Crippen molar-refractivity contribution in [1.82, 2.24) is 0 Å². The van der Waals surface area contributed by atoms with Crippen molar-refractivity contribution in [2.45, 2.75) is 208 Å². The lowest BCUT2D eigenvalue weighted by Crippen LogP contribution is -2.61. The lowest BCUT2D eigenvalue weighted by Gasteiger charge is -2.47. The van der Waals surface area contributed by atoms with Gasteiger partial charge in [-0.05, 0) is 86.7 Å². The van der Waals surface area contributed by atoms with Crippen molar-refractivity contribution in [3.63, 3.8) is 0 Å². The third-order valence-electron chi connectivity index (χ3n) is 14.4. The Morgan fingerprint density at radius 3 is 2.33 bits per heavy atom. The highest BCUT2D eigenvalue weighted by molar-refractivity contribution is 5.79. The molecule has 10 heterocycles. The molecule has 10 saturated heterocycles. The van der Waals surface area contributed by atoms with Crippen LogP contribution in [0.25, 0.3) is 0 Å². The molecule has 0 radical (unpaired) electrons. The number of ether oxygens (including phenoxy) is 8. The number of Topliss-reactive ketones (excluding diaryl/α,β-unsaturated/α-hetero) is 1. The van der Waals surface area contributed by atoms with E-state index in [1.807, 2.05) is 6.92 Å². The first-order chi connectivity index (χ1) is 24.6. The number of carbonyl (C=O) groups is 1. The normalized spacial score (nSPS) is 53.2. The number of aliphatic hydroxyl groups is 1. The number of fused-ring (bicyclic) bond motifs is 6. The molecule has 0 aliphatic carbocycles. The average Bonchev–Trinajstić information content (AvgIpc) is 3.77. The summed E-state index contributed by atoms with van der Waals surface area (Å²) in [6.45, 7) is 15.4. The van der Waals surface area contributed by atoms with Gasteiger partial charge in [0.1, 0.15) is 36.3 Å². The average molecular weight is 713 g/mol. The lowest BCUT2D eigenvalue weighted by atomic mass is 9.78. The van der Waals surface area contributed by atoms with Gasteiger partial charge in [-0.25, -0.2) is 0 Å². The Morgan fingerprint density at radius 1 is 0.745 bits per heavy atom. The van der Waals surface area contributed by atoms with E-state index in [4.69, 9.17) is 37.9 Å². The summed E-state index contributed by atoms with van der Waals surface area (Å²) in [4.78, 5) is 14.0. The van der Waals surface area contributed by atoms with Crippen LogP contribution in [-0.2, 0) is 42.7 Å². The summed E-state index contributed by atoms with van der Waals surface area (Å²) < 4.78 is 54.1. The van der Waals surface area contributed by atoms with Gasteiger partial charge < -0.3 is 43.0 Å². The topological polar surface area (TPSA) is 111 Å². The van der Waals surface area contributed by atoms with Crippen LogP contribution in [0.5, 0.6) is 0 Å². The molecular weight excluding hydrogens is 652 g/mol. The van der Waals surface area contributed by atoms with Crippen molar-refractivity contribution in [3.8, 4) is 0 Å². The van der Waals surface area contributed by atoms with E-state index in [1.54, 1.807) is 0 Å². The Labute approximate surface area is 303 Å². The standard InChI is InChI=1S/C41H60O10/c1-6-24(42)17-32-23(5)29-16-25(43)15-27-8-10-31-36(46-27)40-39-38(48-31)37-35(49-39)19-41(50-37,51-40)12-11-28-14-21(3)30(44-28)9-7-26-13-20(2)22(4)33(45-26)18-34(29)47-32/h20,23-24,26-40,42H,3-4,6-19H2,1-2,5H3/t20-,23-,24-,26+,27-,28+,29-,30+,31+,32-,33-,34+,35-,36+,37+,38?,39?,40+,41+/m1/s1. The zero-order valence-electron chi connectivity index (χ0n) is 30.8. The molecule has 10 rings (SSSR count). The molecule has 1 N–H and O–H groups in total. The zero-order chi connectivity index (χ0) is 35.2. The van der Waals surface area contributed by atoms with Crippen molar-refractivity contribution in [3.05, 3.63) is 24.3 Å². The first-order valence-electron chi connectivity index (χ1n) is 20.4. The van der Waals surface area contributed by atoms with Crippen LogP contribution in [0.4, 0.5) is 0 Å². The van der Waals surface area contributed by atoms with E-state index in [0.717, 1.165) is 62.5 Å². The number of hydrogen-bond donors (Lipinski definition) is 1. The van der Waals surface area contributed by atoms with Gasteiger partial charge in [-0.15, -0.1) is 0 Å². The SMILES string of the molecule is C=C1C[C@@H]2CC[C@@]34C[C@H]5OC6C(O[C@H]7CC[C@H](CC(=O)C[C@@H]8[C@@H](C)[C@@H](C[C@H](O)CC)O[C@H]8C[C@H]8O[C@@H](CC[C@@H]1O2)C[C@@H](C)C8=C)O[C@@H]7[C@@H]6O3)[C@H]5O4. The maximum absolute atomic E-state index is 14.0. The molecule has 12 bridgehead atoms. The van der Waals surface area contributed by atoms with Crippen LogP contribution in [-0.4, -0.2) is 108 Å². The minimum atomic E-state index is -0.757. The maximum atomic E-state index is 14.0. The van der Waals surface area contributed by atoms with Crippen molar-refractivity contribution >= 4 is 5.78 Å². The molecule has 10 nitrogen and oxygen atoms in total. The monoisotopic (exact) mass is 712 g/mol. The summed E-state index contributed by atoms with van der Waals surface area (Å²) in [5.74, 6) is -0.0766. The highest BCUT2D eigenvalue weighted by atomic mass is 16.8. The molecule has 10 heteroatoms. The molecule has 10 aliphatic heterocycles. The molecular formula is C41H60O10. The van der Waals surface area contributed by atoms with Gasteiger partial charge in [-0.3, -0.25) is 4.79 Å². The first kappa shape index (κ1) is 35.5. The van der Waals surface area contributed by atoms with E-state index in [1.165, 1.54) is 0 Å². The molecule has 1 spiro atoms. The minimum Gasteiger partial charge on any atom is -0.393 e. The number of ketones is 1.